The molecule has 2 aliphatic heterocycles. The fourth-order valence-corrected chi connectivity index (χ4v) is 5.03. The van der Waals surface area contributed by atoms with Crippen LogP contribution in [0.1, 0.15) is 24.6 Å². The highest BCUT2D eigenvalue weighted by Crippen LogP contribution is 2.21. The first-order valence-electron chi connectivity index (χ1n) is 11.1. The molecule has 2 aromatic heterocycles. The van der Waals surface area contributed by atoms with Crippen LogP contribution in [0.15, 0.2) is 41.0 Å². The predicted molar refractivity (Wildman–Crippen MR) is 124 cm³/mol. The van der Waals surface area contributed by atoms with Crippen molar-refractivity contribution < 1.29 is 0 Å². The lowest BCUT2D eigenvalue weighted by atomic mass is 9.98. The SMILES string of the molecule is CCNC(=NCC1CCCN(Cc2cccs2)C1)N1CCN(c2ncccn2)CC1. The maximum atomic E-state index is 5.05. The smallest absolute Gasteiger partial charge is 0.225 e. The van der Waals surface area contributed by atoms with E-state index < -0.39 is 0 Å². The number of aromatic nitrogens is 2. The summed E-state index contributed by atoms with van der Waals surface area (Å²) >= 11 is 1.86. The summed E-state index contributed by atoms with van der Waals surface area (Å²) in [6.07, 6.45) is 6.18. The summed E-state index contributed by atoms with van der Waals surface area (Å²) in [6.45, 7) is 11.1. The number of hydrogen-bond acceptors (Lipinski definition) is 6. The van der Waals surface area contributed by atoms with Crippen LogP contribution in [-0.4, -0.2) is 78.1 Å². The van der Waals surface area contributed by atoms with Gasteiger partial charge >= 0.3 is 0 Å². The first-order valence-corrected chi connectivity index (χ1v) is 12.0. The molecule has 1 atom stereocenters. The fraction of sp³-hybridized carbons (Fsp3) is 0.591. The maximum Gasteiger partial charge on any atom is 0.225 e. The lowest BCUT2D eigenvalue weighted by Gasteiger charge is -2.37. The van der Waals surface area contributed by atoms with Crippen LogP contribution in [0.25, 0.3) is 0 Å². The van der Waals surface area contributed by atoms with Gasteiger partial charge in [0, 0.05) is 69.6 Å². The van der Waals surface area contributed by atoms with E-state index in [1.165, 1.54) is 24.3 Å². The van der Waals surface area contributed by atoms with E-state index in [9.17, 15) is 0 Å². The molecule has 4 heterocycles. The number of thiophene rings is 1. The third-order valence-corrected chi connectivity index (χ3v) is 6.67. The molecule has 2 aromatic rings. The zero-order valence-corrected chi connectivity index (χ0v) is 18.7. The molecule has 2 aliphatic rings. The highest BCUT2D eigenvalue weighted by atomic mass is 32.1. The van der Waals surface area contributed by atoms with Gasteiger partial charge in [0.05, 0.1) is 0 Å². The third kappa shape index (κ3) is 5.70. The first-order chi connectivity index (χ1) is 14.8. The molecular formula is C22H33N7S. The highest BCUT2D eigenvalue weighted by Gasteiger charge is 2.23. The Kier molecular flexibility index (Phi) is 7.53. The van der Waals surface area contributed by atoms with Gasteiger partial charge in [-0.1, -0.05) is 6.07 Å². The summed E-state index contributed by atoms with van der Waals surface area (Å²) in [5.74, 6) is 2.53. The third-order valence-electron chi connectivity index (χ3n) is 5.81. The Labute approximate surface area is 183 Å². The van der Waals surface area contributed by atoms with Crippen molar-refractivity contribution in [1.82, 2.24) is 25.1 Å². The molecule has 4 rings (SSSR count). The number of nitrogens with zero attached hydrogens (tertiary/aromatic N) is 6. The van der Waals surface area contributed by atoms with Gasteiger partial charge in [-0.25, -0.2) is 9.97 Å². The topological polar surface area (TPSA) is 59.9 Å². The zero-order valence-electron chi connectivity index (χ0n) is 17.9. The molecule has 162 valence electrons. The Bertz CT molecular complexity index is 772. The van der Waals surface area contributed by atoms with Gasteiger partial charge in [-0.3, -0.25) is 9.89 Å². The molecule has 0 bridgehead atoms. The molecule has 0 spiro atoms. The van der Waals surface area contributed by atoms with Gasteiger partial charge in [-0.15, -0.1) is 11.3 Å². The van der Waals surface area contributed by atoms with Crippen molar-refractivity contribution in [3.63, 3.8) is 0 Å². The molecule has 30 heavy (non-hydrogen) atoms. The van der Waals surface area contributed by atoms with Gasteiger partial charge in [0.1, 0.15) is 0 Å². The van der Waals surface area contributed by atoms with Crippen molar-refractivity contribution in [2.75, 3.05) is 57.3 Å². The van der Waals surface area contributed by atoms with Crippen molar-refractivity contribution in [2.24, 2.45) is 10.9 Å². The van der Waals surface area contributed by atoms with Crippen LogP contribution >= 0.6 is 11.3 Å². The summed E-state index contributed by atoms with van der Waals surface area (Å²) in [4.78, 5) is 22.5. The van der Waals surface area contributed by atoms with E-state index in [0.717, 1.165) is 64.3 Å². The number of nitrogens with one attached hydrogen (secondary N) is 1. The van der Waals surface area contributed by atoms with E-state index in [4.69, 9.17) is 4.99 Å². The van der Waals surface area contributed by atoms with Gasteiger partial charge in [-0.2, -0.15) is 0 Å². The normalized spacial score (nSPS) is 21.1. The molecule has 0 amide bonds. The highest BCUT2D eigenvalue weighted by molar-refractivity contribution is 7.09. The number of anilines is 1. The Balaban J connectivity index is 1.30. The van der Waals surface area contributed by atoms with E-state index in [0.29, 0.717) is 5.92 Å². The summed E-state index contributed by atoms with van der Waals surface area (Å²) in [5.41, 5.74) is 0. The maximum absolute atomic E-state index is 5.05. The number of rotatable bonds is 6. The van der Waals surface area contributed by atoms with E-state index in [1.807, 2.05) is 29.8 Å². The molecule has 0 aliphatic carbocycles. The molecular weight excluding hydrogens is 394 g/mol. The van der Waals surface area contributed by atoms with Crippen LogP contribution in [0, 0.1) is 5.92 Å². The summed E-state index contributed by atoms with van der Waals surface area (Å²) < 4.78 is 0. The van der Waals surface area contributed by atoms with Crippen LogP contribution in [0.2, 0.25) is 0 Å². The Hall–Kier alpha value is -2.19. The molecule has 0 saturated carbocycles. The van der Waals surface area contributed by atoms with E-state index >= 15 is 0 Å². The zero-order chi connectivity index (χ0) is 20.6. The standard InChI is InChI=1S/C22H33N7S/c1-2-23-21(28-11-13-29(14-12-28)22-24-8-5-9-25-22)26-16-19-6-3-10-27(17-19)18-20-7-4-15-30-20/h4-5,7-9,15,19H,2-3,6,10-14,16-18H2,1H3,(H,23,26). The number of hydrogen-bond donors (Lipinski definition) is 1. The van der Waals surface area contributed by atoms with Crippen molar-refractivity contribution >= 4 is 23.2 Å². The largest absolute Gasteiger partial charge is 0.357 e. The second-order valence-electron chi connectivity index (χ2n) is 8.04. The lowest BCUT2D eigenvalue weighted by Crippen LogP contribution is -2.53. The minimum Gasteiger partial charge on any atom is -0.357 e. The fourth-order valence-electron chi connectivity index (χ4n) is 4.28. The number of piperazine rings is 1. The van der Waals surface area contributed by atoms with Gasteiger partial charge < -0.3 is 15.1 Å². The first kappa shape index (κ1) is 21.1. The Morgan fingerprint density at radius 2 is 2.00 bits per heavy atom. The molecule has 2 fully saturated rings. The van der Waals surface area contributed by atoms with Gasteiger partial charge in [-0.05, 0) is 49.7 Å². The van der Waals surface area contributed by atoms with Crippen molar-refractivity contribution in [2.45, 2.75) is 26.3 Å². The van der Waals surface area contributed by atoms with Crippen molar-refractivity contribution in [3.05, 3.63) is 40.8 Å². The van der Waals surface area contributed by atoms with Gasteiger partial charge in [0.15, 0.2) is 5.96 Å². The number of aliphatic imine (C=N–C) groups is 1. The molecule has 1 N–H and O–H groups in total. The second kappa shape index (κ2) is 10.7. The second-order valence-corrected chi connectivity index (χ2v) is 9.07. The summed E-state index contributed by atoms with van der Waals surface area (Å²) in [5, 5.41) is 5.68. The minimum absolute atomic E-state index is 0.645. The van der Waals surface area contributed by atoms with E-state index in [1.54, 1.807) is 0 Å². The molecule has 0 radical (unpaired) electrons. The van der Waals surface area contributed by atoms with E-state index in [-0.39, 0.29) is 0 Å². The molecule has 8 heteroatoms. The van der Waals surface area contributed by atoms with Crippen molar-refractivity contribution in [3.8, 4) is 0 Å². The Morgan fingerprint density at radius 3 is 2.73 bits per heavy atom. The minimum atomic E-state index is 0.645. The molecule has 2 saturated heterocycles. The van der Waals surface area contributed by atoms with Crippen LogP contribution < -0.4 is 10.2 Å². The average Bonchev–Trinajstić information content (AvgIpc) is 3.31. The number of guanidine groups is 1. The Morgan fingerprint density at radius 1 is 1.17 bits per heavy atom. The predicted octanol–water partition coefficient (Wildman–Crippen LogP) is 2.54. The van der Waals surface area contributed by atoms with Crippen LogP contribution in [0.4, 0.5) is 5.95 Å². The van der Waals surface area contributed by atoms with Gasteiger partial charge in [0.25, 0.3) is 0 Å². The monoisotopic (exact) mass is 427 g/mol. The van der Waals surface area contributed by atoms with Crippen LogP contribution in [-0.2, 0) is 6.54 Å². The molecule has 7 nitrogen and oxygen atoms in total. The van der Waals surface area contributed by atoms with Crippen molar-refractivity contribution in [1.29, 1.82) is 0 Å². The van der Waals surface area contributed by atoms with Crippen LogP contribution in [0.3, 0.4) is 0 Å². The average molecular weight is 428 g/mol. The van der Waals surface area contributed by atoms with Gasteiger partial charge in [0.2, 0.25) is 5.95 Å². The summed E-state index contributed by atoms with van der Waals surface area (Å²) in [7, 11) is 0. The molecule has 0 aromatic carbocycles. The summed E-state index contributed by atoms with van der Waals surface area (Å²) in [6, 6.07) is 6.26. The quantitative estimate of drug-likeness (QED) is 0.565. The molecule has 1 unspecified atom stereocenters. The van der Waals surface area contributed by atoms with Crippen LogP contribution in [0.5, 0.6) is 0 Å². The number of piperidine rings is 1. The lowest BCUT2D eigenvalue weighted by molar-refractivity contribution is 0.172. The van der Waals surface area contributed by atoms with E-state index in [2.05, 4.69) is 54.4 Å². The number of likely N-dealkylation sites (tertiary alicyclic amines) is 1.